The van der Waals surface area contributed by atoms with Crippen molar-refractivity contribution in [3.8, 4) is 11.5 Å². The lowest BCUT2D eigenvalue weighted by Crippen LogP contribution is -2.52. The second-order valence-electron chi connectivity index (χ2n) is 6.93. The summed E-state index contributed by atoms with van der Waals surface area (Å²) >= 11 is 0. The fourth-order valence-corrected chi connectivity index (χ4v) is 3.51. The zero-order chi connectivity index (χ0) is 21.2. The molecule has 2 N–H and O–H groups in total. The van der Waals surface area contributed by atoms with E-state index in [2.05, 4.69) is 4.90 Å². The van der Waals surface area contributed by atoms with Crippen LogP contribution in [0.2, 0.25) is 0 Å². The Labute approximate surface area is 169 Å². The summed E-state index contributed by atoms with van der Waals surface area (Å²) in [7, 11) is 1.63. The summed E-state index contributed by atoms with van der Waals surface area (Å²) < 4.78 is 10.7. The van der Waals surface area contributed by atoms with Gasteiger partial charge in [-0.05, 0) is 37.1 Å². The highest BCUT2D eigenvalue weighted by atomic mass is 16.5. The first kappa shape index (κ1) is 22.5. The molecule has 9 heteroatoms. The minimum absolute atomic E-state index is 0.0758. The molecule has 0 spiro atoms. The van der Waals surface area contributed by atoms with Crippen molar-refractivity contribution in [2.45, 2.75) is 31.7 Å². The van der Waals surface area contributed by atoms with Gasteiger partial charge >= 0.3 is 11.9 Å². The van der Waals surface area contributed by atoms with E-state index in [9.17, 15) is 4.79 Å². The fourth-order valence-electron chi connectivity index (χ4n) is 3.51. The lowest BCUT2D eigenvalue weighted by molar-refractivity contribution is -0.159. The predicted molar refractivity (Wildman–Crippen MR) is 104 cm³/mol. The van der Waals surface area contributed by atoms with Crippen molar-refractivity contribution in [3.05, 3.63) is 24.3 Å². The molecule has 3 rings (SSSR count). The number of methoxy groups -OCH3 is 1. The number of amides is 1. The molecule has 1 aromatic rings. The average molecular weight is 408 g/mol. The smallest absolute Gasteiger partial charge is 0.414 e. The van der Waals surface area contributed by atoms with Gasteiger partial charge in [-0.1, -0.05) is 12.8 Å². The van der Waals surface area contributed by atoms with E-state index in [-0.39, 0.29) is 12.5 Å². The maximum absolute atomic E-state index is 12.3. The zero-order valence-corrected chi connectivity index (χ0v) is 16.6. The molecule has 1 aromatic carbocycles. The summed E-state index contributed by atoms with van der Waals surface area (Å²) in [5.41, 5.74) is 0. The van der Waals surface area contributed by atoms with Crippen LogP contribution in [0.3, 0.4) is 0 Å². The van der Waals surface area contributed by atoms with E-state index in [4.69, 9.17) is 29.3 Å². The lowest BCUT2D eigenvalue weighted by atomic mass is 10.2. The highest BCUT2D eigenvalue weighted by Crippen LogP contribution is 2.24. The van der Waals surface area contributed by atoms with E-state index in [1.54, 1.807) is 7.11 Å². The maximum Gasteiger partial charge on any atom is 0.414 e. The number of aliphatic carboxylic acids is 2. The van der Waals surface area contributed by atoms with Crippen LogP contribution in [-0.4, -0.2) is 83.8 Å². The monoisotopic (exact) mass is 408 g/mol. The number of carbonyl (C=O) groups is 3. The number of nitrogens with zero attached hydrogens (tertiary/aromatic N) is 2. The van der Waals surface area contributed by atoms with Crippen LogP contribution < -0.4 is 9.47 Å². The highest BCUT2D eigenvalue weighted by Gasteiger charge is 2.27. The van der Waals surface area contributed by atoms with Gasteiger partial charge in [-0.3, -0.25) is 9.69 Å². The van der Waals surface area contributed by atoms with Crippen LogP contribution in [0.4, 0.5) is 0 Å². The van der Waals surface area contributed by atoms with Crippen LogP contribution in [0.25, 0.3) is 0 Å². The van der Waals surface area contributed by atoms with Crippen molar-refractivity contribution in [1.29, 1.82) is 0 Å². The Bertz CT molecular complexity index is 667. The van der Waals surface area contributed by atoms with Crippen molar-refractivity contribution in [3.63, 3.8) is 0 Å². The van der Waals surface area contributed by atoms with Gasteiger partial charge < -0.3 is 24.6 Å². The Morgan fingerprint density at radius 1 is 0.931 bits per heavy atom. The third kappa shape index (κ3) is 7.26. The zero-order valence-electron chi connectivity index (χ0n) is 16.6. The molecule has 1 heterocycles. The third-order valence-electron chi connectivity index (χ3n) is 5.11. The van der Waals surface area contributed by atoms with E-state index < -0.39 is 11.9 Å². The van der Waals surface area contributed by atoms with Gasteiger partial charge in [0.2, 0.25) is 0 Å². The Morgan fingerprint density at radius 2 is 1.45 bits per heavy atom. The Balaban J connectivity index is 0.000000438. The molecule has 2 fully saturated rings. The van der Waals surface area contributed by atoms with Gasteiger partial charge in [0.05, 0.1) is 7.11 Å². The quantitative estimate of drug-likeness (QED) is 0.701. The molecule has 0 unspecified atom stereocenters. The van der Waals surface area contributed by atoms with Crippen molar-refractivity contribution in [1.82, 2.24) is 9.80 Å². The Morgan fingerprint density at radius 3 is 1.93 bits per heavy atom. The number of ether oxygens (including phenoxy) is 2. The predicted octanol–water partition coefficient (Wildman–Crippen LogP) is 1.32. The molecular formula is C20H28N2O7. The largest absolute Gasteiger partial charge is 0.497 e. The highest BCUT2D eigenvalue weighted by molar-refractivity contribution is 6.27. The standard InChI is InChI=1S/C18H26N2O3.C2H2O4/c1-22-16-6-8-17(9-7-16)23-14-18(21)20-12-10-19(11-13-20)15-4-2-3-5-15;3-1(4)2(5)6/h6-9,15H,2-5,10-14H2,1H3;(H,3,4)(H,5,6). The van der Waals surface area contributed by atoms with Gasteiger partial charge in [-0.15, -0.1) is 0 Å². The van der Waals surface area contributed by atoms with Crippen LogP contribution in [0.1, 0.15) is 25.7 Å². The van der Waals surface area contributed by atoms with Gasteiger partial charge in [0.15, 0.2) is 6.61 Å². The number of piperazine rings is 1. The molecular weight excluding hydrogens is 380 g/mol. The van der Waals surface area contributed by atoms with E-state index in [0.717, 1.165) is 38.0 Å². The molecule has 1 saturated carbocycles. The normalized spacial score (nSPS) is 17.2. The van der Waals surface area contributed by atoms with Crippen LogP contribution in [-0.2, 0) is 14.4 Å². The summed E-state index contributed by atoms with van der Waals surface area (Å²) in [6.45, 7) is 3.75. The summed E-state index contributed by atoms with van der Waals surface area (Å²) in [6.07, 6.45) is 5.38. The second-order valence-corrected chi connectivity index (χ2v) is 6.93. The number of carboxylic acid groups (broad SMARTS) is 2. The maximum atomic E-state index is 12.3. The SMILES string of the molecule is COc1ccc(OCC(=O)N2CCN(C3CCCC3)CC2)cc1.O=C(O)C(=O)O. The Kier molecular flexibility index (Phi) is 8.72. The van der Waals surface area contributed by atoms with E-state index in [1.807, 2.05) is 29.2 Å². The van der Waals surface area contributed by atoms with Gasteiger partial charge in [0, 0.05) is 32.2 Å². The van der Waals surface area contributed by atoms with Crippen LogP contribution in [0.5, 0.6) is 11.5 Å². The third-order valence-corrected chi connectivity index (χ3v) is 5.11. The molecule has 1 aliphatic heterocycles. The summed E-state index contributed by atoms with van der Waals surface area (Å²) in [5.74, 6) is -2.09. The number of benzene rings is 1. The molecule has 0 radical (unpaired) electrons. The first-order valence-electron chi connectivity index (χ1n) is 9.65. The van der Waals surface area contributed by atoms with Gasteiger partial charge in [0.1, 0.15) is 11.5 Å². The van der Waals surface area contributed by atoms with Crippen LogP contribution >= 0.6 is 0 Å². The molecule has 9 nitrogen and oxygen atoms in total. The average Bonchev–Trinajstić information content (AvgIpc) is 3.28. The molecule has 0 atom stereocenters. The van der Waals surface area contributed by atoms with Gasteiger partial charge in [0.25, 0.3) is 5.91 Å². The van der Waals surface area contributed by atoms with Crippen molar-refractivity contribution >= 4 is 17.8 Å². The molecule has 0 bridgehead atoms. The Hall–Kier alpha value is -2.81. The topological polar surface area (TPSA) is 117 Å². The van der Waals surface area contributed by atoms with Crippen molar-refractivity contribution in [2.75, 3.05) is 39.9 Å². The molecule has 1 saturated heterocycles. The minimum atomic E-state index is -1.82. The number of hydrogen-bond donors (Lipinski definition) is 2. The first-order chi connectivity index (χ1) is 13.9. The second kappa shape index (κ2) is 11.3. The number of hydrogen-bond acceptors (Lipinski definition) is 6. The molecule has 2 aliphatic rings. The first-order valence-corrected chi connectivity index (χ1v) is 9.65. The van der Waals surface area contributed by atoms with Crippen molar-refractivity contribution < 1.29 is 34.1 Å². The van der Waals surface area contributed by atoms with E-state index in [0.29, 0.717) is 5.75 Å². The van der Waals surface area contributed by atoms with E-state index >= 15 is 0 Å². The van der Waals surface area contributed by atoms with Crippen molar-refractivity contribution in [2.24, 2.45) is 0 Å². The van der Waals surface area contributed by atoms with Crippen LogP contribution in [0.15, 0.2) is 24.3 Å². The molecule has 1 aliphatic carbocycles. The fraction of sp³-hybridized carbons (Fsp3) is 0.550. The molecule has 160 valence electrons. The molecule has 1 amide bonds. The summed E-state index contributed by atoms with van der Waals surface area (Å²) in [6, 6.07) is 8.07. The summed E-state index contributed by atoms with van der Waals surface area (Å²) in [5, 5.41) is 14.8. The van der Waals surface area contributed by atoms with Gasteiger partial charge in [-0.2, -0.15) is 0 Å². The molecule has 29 heavy (non-hydrogen) atoms. The van der Waals surface area contributed by atoms with E-state index in [1.165, 1.54) is 25.7 Å². The number of rotatable bonds is 5. The lowest BCUT2D eigenvalue weighted by Gasteiger charge is -2.38. The van der Waals surface area contributed by atoms with Crippen LogP contribution in [0, 0.1) is 0 Å². The molecule has 0 aromatic heterocycles. The summed E-state index contributed by atoms with van der Waals surface area (Å²) in [4.78, 5) is 35.0. The van der Waals surface area contributed by atoms with Gasteiger partial charge in [-0.25, -0.2) is 9.59 Å². The minimum Gasteiger partial charge on any atom is -0.497 e. The number of carbonyl (C=O) groups excluding carboxylic acids is 1. The number of carboxylic acids is 2.